The van der Waals surface area contributed by atoms with Gasteiger partial charge in [0.2, 0.25) is 5.91 Å². The molecule has 0 aliphatic carbocycles. The molecule has 0 saturated carbocycles. The summed E-state index contributed by atoms with van der Waals surface area (Å²) in [6.45, 7) is 2.86. The van der Waals surface area contributed by atoms with Crippen LogP contribution in [-0.4, -0.2) is 35.1 Å². The average Bonchev–Trinajstić information content (AvgIpc) is 3.05. The summed E-state index contributed by atoms with van der Waals surface area (Å²) in [7, 11) is 0. The van der Waals surface area contributed by atoms with E-state index in [2.05, 4.69) is 22.4 Å². The first kappa shape index (κ1) is 16.0. The normalized spacial score (nSPS) is 16.9. The van der Waals surface area contributed by atoms with Crippen LogP contribution in [0.4, 0.5) is 11.5 Å². The number of aromatic carboxylic acids is 1. The van der Waals surface area contributed by atoms with E-state index < -0.39 is 5.97 Å². The van der Waals surface area contributed by atoms with Gasteiger partial charge in [0.1, 0.15) is 11.4 Å². The van der Waals surface area contributed by atoms with Crippen LogP contribution in [0.3, 0.4) is 0 Å². The van der Waals surface area contributed by atoms with Crippen molar-refractivity contribution in [1.29, 1.82) is 0 Å². The van der Waals surface area contributed by atoms with Crippen molar-refractivity contribution in [2.75, 3.05) is 23.3 Å². The molecule has 1 aromatic heterocycles. The lowest BCUT2D eigenvalue weighted by Crippen LogP contribution is -2.23. The van der Waals surface area contributed by atoms with Crippen molar-refractivity contribution < 1.29 is 14.7 Å². The molecule has 6 heteroatoms. The summed E-state index contributed by atoms with van der Waals surface area (Å²) in [5, 5.41) is 12.1. The van der Waals surface area contributed by atoms with Gasteiger partial charge in [-0.15, -0.1) is 0 Å². The second-order valence-corrected chi connectivity index (χ2v) is 5.92. The lowest BCUT2D eigenvalue weighted by Gasteiger charge is -2.20. The summed E-state index contributed by atoms with van der Waals surface area (Å²) in [5.41, 5.74) is 1.75. The van der Waals surface area contributed by atoms with Crippen LogP contribution in [0.2, 0.25) is 0 Å². The number of aromatic nitrogens is 1. The second-order valence-electron chi connectivity index (χ2n) is 5.92. The smallest absolute Gasteiger partial charge is 0.339 e. The van der Waals surface area contributed by atoms with Crippen LogP contribution in [0.5, 0.6) is 0 Å². The molecule has 1 fully saturated rings. The molecule has 1 aliphatic heterocycles. The molecular weight excluding hydrogens is 306 g/mol. The van der Waals surface area contributed by atoms with E-state index in [0.29, 0.717) is 17.4 Å². The number of anilines is 2. The van der Waals surface area contributed by atoms with Crippen LogP contribution in [0.15, 0.2) is 42.6 Å². The highest BCUT2D eigenvalue weighted by atomic mass is 16.4. The number of benzene rings is 1. The Kier molecular flexibility index (Phi) is 4.46. The fourth-order valence-corrected chi connectivity index (χ4v) is 3.09. The largest absolute Gasteiger partial charge is 0.478 e. The molecule has 6 nitrogen and oxygen atoms in total. The molecule has 0 radical (unpaired) electrons. The van der Waals surface area contributed by atoms with Crippen LogP contribution in [0.1, 0.15) is 35.2 Å². The Morgan fingerprint density at radius 3 is 2.71 bits per heavy atom. The van der Waals surface area contributed by atoms with Crippen molar-refractivity contribution >= 4 is 23.4 Å². The number of rotatable bonds is 4. The summed E-state index contributed by atoms with van der Waals surface area (Å²) < 4.78 is 0. The number of amides is 1. The Bertz CT molecular complexity index is 761. The van der Waals surface area contributed by atoms with Gasteiger partial charge in [0.25, 0.3) is 0 Å². The Morgan fingerprint density at radius 2 is 2.04 bits per heavy atom. The van der Waals surface area contributed by atoms with Crippen molar-refractivity contribution in [3.8, 4) is 0 Å². The van der Waals surface area contributed by atoms with Crippen LogP contribution in [0.25, 0.3) is 0 Å². The van der Waals surface area contributed by atoms with Gasteiger partial charge < -0.3 is 15.3 Å². The number of nitrogens with zero attached hydrogens (tertiary/aromatic N) is 2. The third-order valence-electron chi connectivity index (χ3n) is 4.18. The minimum atomic E-state index is -1.05. The number of pyridine rings is 1. The summed E-state index contributed by atoms with van der Waals surface area (Å²) >= 11 is 0. The van der Waals surface area contributed by atoms with Gasteiger partial charge >= 0.3 is 5.97 Å². The van der Waals surface area contributed by atoms with Gasteiger partial charge in [-0.2, -0.15) is 0 Å². The Morgan fingerprint density at radius 1 is 1.29 bits per heavy atom. The van der Waals surface area contributed by atoms with E-state index in [4.69, 9.17) is 0 Å². The molecule has 1 atom stereocenters. The minimum absolute atomic E-state index is 0.106. The summed E-state index contributed by atoms with van der Waals surface area (Å²) in [4.78, 5) is 29.0. The third-order valence-corrected chi connectivity index (χ3v) is 4.18. The fraction of sp³-hybridized carbons (Fsp3) is 0.278. The zero-order valence-electron chi connectivity index (χ0n) is 13.4. The quantitative estimate of drug-likeness (QED) is 0.903. The molecule has 3 rings (SSSR count). The first-order chi connectivity index (χ1) is 11.5. The molecule has 1 aliphatic rings. The highest BCUT2D eigenvalue weighted by molar-refractivity contribution is 5.96. The molecule has 124 valence electrons. The van der Waals surface area contributed by atoms with Gasteiger partial charge in [0, 0.05) is 25.9 Å². The van der Waals surface area contributed by atoms with E-state index in [1.165, 1.54) is 24.8 Å². The van der Waals surface area contributed by atoms with Crippen LogP contribution in [0, 0.1) is 0 Å². The first-order valence-corrected chi connectivity index (χ1v) is 7.85. The number of nitrogens with one attached hydrogen (secondary N) is 1. The SMILES string of the molecule is CC(=O)Nc1cnc(N2CC[C@@H](c3ccccc3)C2)c(C(=O)O)c1. The van der Waals surface area contributed by atoms with E-state index in [9.17, 15) is 14.7 Å². The molecule has 0 unspecified atom stereocenters. The molecule has 1 aromatic carbocycles. The van der Waals surface area contributed by atoms with Crippen molar-refractivity contribution in [2.24, 2.45) is 0 Å². The lowest BCUT2D eigenvalue weighted by molar-refractivity contribution is -0.114. The molecule has 2 N–H and O–H groups in total. The van der Waals surface area contributed by atoms with Crippen LogP contribution in [-0.2, 0) is 4.79 Å². The highest BCUT2D eigenvalue weighted by Gasteiger charge is 2.28. The zero-order valence-corrected chi connectivity index (χ0v) is 13.4. The molecule has 1 amide bonds. The van der Waals surface area contributed by atoms with Crippen LogP contribution >= 0.6 is 0 Å². The predicted octanol–water partition coefficient (Wildman–Crippen LogP) is 2.73. The van der Waals surface area contributed by atoms with Crippen LogP contribution < -0.4 is 10.2 Å². The van der Waals surface area contributed by atoms with Gasteiger partial charge in [0.15, 0.2) is 0 Å². The van der Waals surface area contributed by atoms with Crippen molar-refractivity contribution in [3.05, 3.63) is 53.7 Å². The Labute approximate surface area is 140 Å². The maximum Gasteiger partial charge on any atom is 0.339 e. The molecule has 24 heavy (non-hydrogen) atoms. The van der Waals surface area contributed by atoms with E-state index >= 15 is 0 Å². The highest BCUT2D eigenvalue weighted by Crippen LogP contribution is 2.32. The maximum atomic E-state index is 11.6. The fourth-order valence-electron chi connectivity index (χ4n) is 3.09. The minimum Gasteiger partial charge on any atom is -0.478 e. The molecule has 0 bridgehead atoms. The van der Waals surface area contributed by atoms with E-state index in [1.54, 1.807) is 0 Å². The summed E-state index contributed by atoms with van der Waals surface area (Å²) in [5.74, 6) is -0.487. The standard InChI is InChI=1S/C18H19N3O3/c1-12(22)20-15-9-16(18(23)24)17(19-10-15)21-8-7-14(11-21)13-5-3-2-4-6-13/h2-6,9-10,14H,7-8,11H2,1H3,(H,20,22)(H,23,24)/t14-/m1/s1. The van der Waals surface area contributed by atoms with Gasteiger partial charge in [0.05, 0.1) is 11.9 Å². The lowest BCUT2D eigenvalue weighted by atomic mass is 9.99. The van der Waals surface area contributed by atoms with E-state index in [0.717, 1.165) is 19.5 Å². The first-order valence-electron chi connectivity index (χ1n) is 7.85. The monoisotopic (exact) mass is 325 g/mol. The van der Waals surface area contributed by atoms with Gasteiger partial charge in [-0.3, -0.25) is 4.79 Å². The maximum absolute atomic E-state index is 11.6. The Balaban J connectivity index is 1.84. The third kappa shape index (κ3) is 3.37. The number of carboxylic acids is 1. The number of carbonyl (C=O) groups is 2. The number of hydrogen-bond acceptors (Lipinski definition) is 4. The number of carboxylic acid groups (broad SMARTS) is 1. The molecule has 2 heterocycles. The molecular formula is C18H19N3O3. The summed E-state index contributed by atoms with van der Waals surface area (Å²) in [6, 6.07) is 11.7. The average molecular weight is 325 g/mol. The number of hydrogen-bond donors (Lipinski definition) is 2. The second kappa shape index (κ2) is 6.70. The zero-order chi connectivity index (χ0) is 17.1. The molecule has 1 saturated heterocycles. The Hall–Kier alpha value is -2.89. The number of carbonyl (C=O) groups excluding carboxylic acids is 1. The topological polar surface area (TPSA) is 82.5 Å². The summed E-state index contributed by atoms with van der Waals surface area (Å²) in [6.07, 6.45) is 2.46. The molecule has 0 spiro atoms. The molecule has 2 aromatic rings. The van der Waals surface area contributed by atoms with Gasteiger partial charge in [-0.25, -0.2) is 9.78 Å². The van der Waals surface area contributed by atoms with Crippen molar-refractivity contribution in [1.82, 2.24) is 4.98 Å². The van der Waals surface area contributed by atoms with Crippen molar-refractivity contribution in [2.45, 2.75) is 19.3 Å². The van der Waals surface area contributed by atoms with E-state index in [-0.39, 0.29) is 11.5 Å². The van der Waals surface area contributed by atoms with Gasteiger partial charge in [-0.05, 0) is 18.1 Å². The van der Waals surface area contributed by atoms with Crippen molar-refractivity contribution in [3.63, 3.8) is 0 Å². The van der Waals surface area contributed by atoms with E-state index in [1.807, 2.05) is 23.1 Å². The predicted molar refractivity (Wildman–Crippen MR) is 91.5 cm³/mol. The van der Waals surface area contributed by atoms with Gasteiger partial charge in [-0.1, -0.05) is 30.3 Å².